The van der Waals surface area contributed by atoms with Gasteiger partial charge in [-0.1, -0.05) is 36.4 Å². The van der Waals surface area contributed by atoms with Gasteiger partial charge in [0.2, 0.25) is 34.8 Å². The highest BCUT2D eigenvalue weighted by atomic mass is 32.1. The van der Waals surface area contributed by atoms with Crippen molar-refractivity contribution >= 4 is 102 Å². The topological polar surface area (TPSA) is 471 Å². The van der Waals surface area contributed by atoms with Gasteiger partial charge in [0.05, 0.1) is 123 Å². The molecule has 34 heteroatoms. The van der Waals surface area contributed by atoms with Crippen LogP contribution in [0.4, 0.5) is 0 Å². The van der Waals surface area contributed by atoms with Crippen LogP contribution in [-0.4, -0.2) is 175 Å². The van der Waals surface area contributed by atoms with Crippen LogP contribution in [0.3, 0.4) is 0 Å². The van der Waals surface area contributed by atoms with Gasteiger partial charge in [-0.15, -0.1) is 22.7 Å². The number of nitrogens with zero attached hydrogens (tertiary/aromatic N) is 1. The Kier molecular flexibility index (Phi) is 44.5. The van der Waals surface area contributed by atoms with Crippen LogP contribution in [0.5, 0.6) is 69.0 Å². The largest absolute Gasteiger partial charge is 0.493 e. The van der Waals surface area contributed by atoms with Crippen LogP contribution in [0.1, 0.15) is 111 Å². The van der Waals surface area contributed by atoms with Crippen molar-refractivity contribution in [2.45, 2.75) is 52.4 Å². The summed E-state index contributed by atoms with van der Waals surface area (Å²) in [6, 6.07) is 28.0. The van der Waals surface area contributed by atoms with Crippen LogP contribution >= 0.6 is 22.7 Å². The number of ketones is 3. The molecule has 0 saturated carbocycles. The van der Waals surface area contributed by atoms with E-state index in [0.29, 0.717) is 98.9 Å². The zero-order valence-electron chi connectivity index (χ0n) is 61.7. The molecule has 2 amide bonds. The highest BCUT2D eigenvalue weighted by molar-refractivity contribution is 7.17. The zero-order chi connectivity index (χ0) is 79.3. The first-order valence-corrected chi connectivity index (χ1v) is 33.3. The number of ether oxygens (including phenoxy) is 14. The van der Waals surface area contributed by atoms with E-state index in [0.717, 1.165) is 32.9 Å². The summed E-state index contributed by atoms with van der Waals surface area (Å²) in [5.41, 5.74) is 22.3. The number of nitrogens with one attached hydrogen (secondary N) is 4. The number of rotatable bonds is 31. The lowest BCUT2D eigenvalue weighted by Gasteiger charge is -2.13. The zero-order valence-corrected chi connectivity index (χ0v) is 63.3. The molecule has 0 unspecified atom stereocenters. The average Bonchev–Trinajstić information content (AvgIpc) is 1.53. The molecule has 32 nitrogen and oxygen atoms in total. The van der Waals surface area contributed by atoms with Gasteiger partial charge in [0, 0.05) is 92.3 Å². The van der Waals surface area contributed by atoms with Crippen LogP contribution in [0.15, 0.2) is 113 Å². The number of aromatic carboxylic acids is 1. The normalized spacial score (nSPS) is 9.79. The third kappa shape index (κ3) is 29.2. The number of hydrogen-bond donors (Lipinski definition) is 7. The van der Waals surface area contributed by atoms with Crippen molar-refractivity contribution in [2.75, 3.05) is 105 Å². The molecule has 11 N–H and O–H groups in total. The number of Topliss-reactive ketones (excluding diaryl/α,β-unsaturated/α-hetero) is 3. The van der Waals surface area contributed by atoms with E-state index < -0.39 is 17.8 Å². The molecular formula is C73H93N7O25S2. The number of hydrogen-bond acceptors (Lipinski definition) is 30. The second kappa shape index (κ2) is 51.2. The first kappa shape index (κ1) is 93.0. The molecule has 0 atom stereocenters. The molecule has 582 valence electrons. The quantitative estimate of drug-likeness (QED) is 0.00310. The molecule has 2 aromatic heterocycles. The van der Waals surface area contributed by atoms with Crippen molar-refractivity contribution in [3.8, 4) is 69.0 Å². The van der Waals surface area contributed by atoms with Gasteiger partial charge >= 0.3 is 17.9 Å². The Hall–Kier alpha value is -12.0. The first-order chi connectivity index (χ1) is 51.1. The maximum Gasteiger partial charge on any atom is 0.335 e. The Morgan fingerprint density at radius 1 is 0.458 bits per heavy atom. The molecule has 0 aliphatic carbocycles. The van der Waals surface area contributed by atoms with Crippen LogP contribution in [0, 0.1) is 11.1 Å². The second-order valence-corrected chi connectivity index (χ2v) is 22.2. The van der Waals surface area contributed by atoms with E-state index in [9.17, 15) is 43.2 Å². The molecule has 0 radical (unpaired) electrons. The molecule has 107 heavy (non-hydrogen) atoms. The lowest BCUT2D eigenvalue weighted by atomic mass is 10.1. The van der Waals surface area contributed by atoms with E-state index in [2.05, 4.69) is 15.3 Å². The standard InChI is InChI=1S/C22H22N2O5S.C15H20O6.C13H18N2O5.C10H12O5.C9H6OS.C4H9NO2.H2N2.H2O.H2/c1-27-18-10-14(11-19(28-2)22(18)29-3)17(25)8-9-21(26)24-23-12-15-13-30-20-7-5-4-6-16(15)20;1-5-21-14(17)7-6-11(16)10-8-12(18-2)15(20-4)13(9-10)19-3;1-18-10-6-8(7-11(19-2)13(10)20-3)9(16)4-5-12(17)15-14;1-13-7-4-6(10(11)12)5-8(14-2)9(7)15-3;10-5-7-6-11-9-4-2-1-3-8(7)9;1-2-7-4(6)3-5;1-2;;/h4-7,10-13H,8-9H2,1-3H3,(H,24,26);8-9H,5-7H2,1-4H3;6-7H,4-5,14H2,1-3H3,(H,15,17);4-5H,1-3H3,(H,11,12);1-6H;2-3,5H2,1H3;1-2H;1H2;1H/b23-12+;;;;;;;;. The lowest BCUT2D eigenvalue weighted by Crippen LogP contribution is -2.30. The number of hydrazine groups is 1. The number of amides is 2. The average molecular weight is 1530 g/mol. The highest BCUT2D eigenvalue weighted by Gasteiger charge is 2.22. The fourth-order valence-electron chi connectivity index (χ4n) is 8.98. The molecule has 2 heterocycles. The highest BCUT2D eigenvalue weighted by Crippen LogP contribution is 2.42. The second-order valence-electron chi connectivity index (χ2n) is 20.4. The molecule has 0 saturated heterocycles. The molecule has 6 aromatic carbocycles. The number of carbonyl (C=O) groups excluding carboxylic acids is 8. The van der Waals surface area contributed by atoms with Gasteiger partial charge in [-0.25, -0.2) is 27.1 Å². The third-order valence-corrected chi connectivity index (χ3v) is 16.0. The van der Waals surface area contributed by atoms with E-state index in [1.54, 1.807) is 79.1 Å². The van der Waals surface area contributed by atoms with E-state index in [1.807, 2.05) is 64.7 Å². The lowest BCUT2D eigenvalue weighted by molar-refractivity contribution is -0.143. The summed E-state index contributed by atoms with van der Waals surface area (Å²) in [5.74, 6) is 6.44. The molecule has 8 aromatic rings. The number of aldehydes is 1. The van der Waals surface area contributed by atoms with E-state index in [1.165, 1.54) is 102 Å². The number of benzene rings is 6. The number of carboxylic acids is 1. The Morgan fingerprint density at radius 2 is 0.766 bits per heavy atom. The fraction of sp³-hybridized carbons (Fsp3) is 0.315. The molecule has 0 spiro atoms. The van der Waals surface area contributed by atoms with Crippen molar-refractivity contribution in [3.05, 3.63) is 141 Å². The summed E-state index contributed by atoms with van der Waals surface area (Å²) >= 11 is 3.22. The third-order valence-electron chi connectivity index (χ3n) is 14.1. The predicted octanol–water partition coefficient (Wildman–Crippen LogP) is 10.6. The summed E-state index contributed by atoms with van der Waals surface area (Å²) < 4.78 is 73.4. The van der Waals surface area contributed by atoms with Crippen molar-refractivity contribution in [3.63, 3.8) is 0 Å². The minimum Gasteiger partial charge on any atom is -0.493 e. The van der Waals surface area contributed by atoms with Crippen molar-refractivity contribution in [1.82, 2.24) is 10.9 Å². The number of hydrazone groups is 1. The van der Waals surface area contributed by atoms with Crippen LogP contribution < -0.4 is 79.3 Å². The SMILES string of the molecule is CCOC(=O)CCC(=O)c1cc(OC)c(OC)c(OC)c1.CCOC(=O)CN.COc1cc(C(=O)CCC(=O)N/N=C/c2csc3ccccc23)cc(OC)c1OC.COc1cc(C(=O)CCC(=O)NN)cc(OC)c1OC.COc1cc(C(=O)O)cc(OC)c1OC.N=N.O.O=Cc1csc2ccccc12.[HH]. The molecular weight excluding hydrogens is 1440 g/mol. The van der Waals surface area contributed by atoms with Crippen molar-refractivity contribution in [2.24, 2.45) is 16.7 Å². The van der Waals surface area contributed by atoms with Crippen LogP contribution in [0.25, 0.3) is 20.2 Å². The van der Waals surface area contributed by atoms with Gasteiger partial charge in [0.25, 0.3) is 0 Å². The Morgan fingerprint density at radius 3 is 1.07 bits per heavy atom. The van der Waals surface area contributed by atoms with Gasteiger partial charge in [-0.2, -0.15) is 5.10 Å². The van der Waals surface area contributed by atoms with Gasteiger partial charge in [-0.05, 0) is 74.5 Å². The predicted molar refractivity (Wildman–Crippen MR) is 403 cm³/mol. The Bertz CT molecular complexity index is 4130. The Balaban J connectivity index is 0.00000132. The molecule has 8 rings (SSSR count). The number of methoxy groups -OCH3 is 12. The number of esters is 2. The maximum absolute atomic E-state index is 12.5. The number of thiophene rings is 2. The number of carboxylic acid groups (broad SMARTS) is 1. The summed E-state index contributed by atoms with van der Waals surface area (Å²) in [4.78, 5) is 102. The van der Waals surface area contributed by atoms with Gasteiger partial charge in [0.1, 0.15) is 0 Å². The molecule has 0 aliphatic rings. The molecule has 0 aliphatic heterocycles. The summed E-state index contributed by atoms with van der Waals surface area (Å²) in [6.45, 7) is 4.16. The maximum atomic E-state index is 12.5. The molecule has 0 bridgehead atoms. The van der Waals surface area contributed by atoms with Crippen molar-refractivity contribution in [1.29, 1.82) is 11.1 Å². The summed E-state index contributed by atoms with van der Waals surface area (Å²) in [5, 5.41) is 18.9. The van der Waals surface area contributed by atoms with Gasteiger partial charge in [0.15, 0.2) is 69.6 Å². The number of fused-ring (bicyclic) bond motifs is 2. The fourth-order valence-corrected chi connectivity index (χ4v) is 10.8. The van der Waals surface area contributed by atoms with E-state index >= 15 is 0 Å². The summed E-state index contributed by atoms with van der Waals surface area (Å²) in [7, 11) is 17.6. The minimum atomic E-state index is -1.05. The van der Waals surface area contributed by atoms with Crippen LogP contribution in [-0.2, 0) is 28.7 Å². The van der Waals surface area contributed by atoms with Gasteiger partial charge in [-0.3, -0.25) is 43.8 Å². The molecule has 0 fully saturated rings. The van der Waals surface area contributed by atoms with Gasteiger partial charge < -0.3 is 82.6 Å². The number of nitrogens with two attached hydrogens (primary N) is 2. The smallest absolute Gasteiger partial charge is 0.335 e. The van der Waals surface area contributed by atoms with Crippen LogP contribution in [0.2, 0.25) is 0 Å². The van der Waals surface area contributed by atoms with Crippen molar-refractivity contribution < 1.29 is 121 Å². The van der Waals surface area contributed by atoms with E-state index in [-0.39, 0.29) is 86.8 Å². The monoisotopic (exact) mass is 1530 g/mol. The Labute approximate surface area is 627 Å². The summed E-state index contributed by atoms with van der Waals surface area (Å²) in [6.07, 6.45) is 2.73. The first-order valence-electron chi connectivity index (χ1n) is 31.6. The minimum absolute atomic E-state index is 0. The van der Waals surface area contributed by atoms with E-state index in [4.69, 9.17) is 89.3 Å². The number of carbonyl (C=O) groups is 9.